The van der Waals surface area contributed by atoms with Gasteiger partial charge in [0, 0.05) is 6.61 Å². The zero-order valence-corrected chi connectivity index (χ0v) is 11.1. The van der Waals surface area contributed by atoms with Crippen molar-refractivity contribution < 1.29 is 4.74 Å². The molecule has 0 saturated carbocycles. The van der Waals surface area contributed by atoms with E-state index in [1.165, 1.54) is 0 Å². The molecule has 0 aliphatic heterocycles. The van der Waals surface area contributed by atoms with Crippen LogP contribution in [0.2, 0.25) is 0 Å². The van der Waals surface area contributed by atoms with Crippen molar-refractivity contribution >= 4 is 0 Å². The molecule has 1 N–H and O–H groups in total. The summed E-state index contributed by atoms with van der Waals surface area (Å²) in [5.74, 6) is 1.67. The van der Waals surface area contributed by atoms with E-state index in [1.54, 1.807) is 6.33 Å². The molecule has 0 spiro atoms. The van der Waals surface area contributed by atoms with Crippen LogP contribution in [-0.4, -0.2) is 34.5 Å². The predicted molar refractivity (Wildman–Crippen MR) is 67.7 cm³/mol. The Balaban J connectivity index is 2.19. The second kappa shape index (κ2) is 8.20. The smallest absolute Gasteiger partial charge is 0.140 e. The third-order valence-electron chi connectivity index (χ3n) is 2.52. The number of aromatic nitrogens is 3. The summed E-state index contributed by atoms with van der Waals surface area (Å²) >= 11 is 0. The summed E-state index contributed by atoms with van der Waals surface area (Å²) in [6.45, 7) is 10.5. The summed E-state index contributed by atoms with van der Waals surface area (Å²) in [6.07, 6.45) is 2.71. The number of rotatable bonds is 9. The Morgan fingerprint density at radius 1 is 1.41 bits per heavy atom. The molecule has 0 radical (unpaired) electrons. The number of hydrogen-bond donors (Lipinski definition) is 1. The van der Waals surface area contributed by atoms with Gasteiger partial charge in [0.1, 0.15) is 12.2 Å². The Hall–Kier alpha value is -0.940. The van der Waals surface area contributed by atoms with Crippen molar-refractivity contribution in [1.82, 2.24) is 20.1 Å². The summed E-state index contributed by atoms with van der Waals surface area (Å²) in [6, 6.07) is 0. The van der Waals surface area contributed by atoms with Crippen LogP contribution in [0, 0.1) is 5.92 Å². The zero-order chi connectivity index (χ0) is 12.5. The SMILES string of the molecule is CCNCc1ncnn1CCOCCC(C)C. The Labute approximate surface area is 104 Å². The van der Waals surface area contributed by atoms with Crippen LogP contribution >= 0.6 is 0 Å². The average Bonchev–Trinajstić information content (AvgIpc) is 2.73. The topological polar surface area (TPSA) is 52.0 Å². The lowest BCUT2D eigenvalue weighted by molar-refractivity contribution is 0.113. The first-order chi connectivity index (χ1) is 8.24. The maximum absolute atomic E-state index is 5.57. The number of nitrogens with zero attached hydrogens (tertiary/aromatic N) is 3. The fourth-order valence-corrected chi connectivity index (χ4v) is 1.42. The molecule has 1 rings (SSSR count). The molecule has 0 aromatic carbocycles. The molecule has 0 atom stereocenters. The van der Waals surface area contributed by atoms with Crippen LogP contribution in [0.4, 0.5) is 0 Å². The van der Waals surface area contributed by atoms with E-state index < -0.39 is 0 Å². The molecule has 0 aliphatic rings. The van der Waals surface area contributed by atoms with E-state index in [-0.39, 0.29) is 0 Å². The molecular formula is C12H24N4O. The van der Waals surface area contributed by atoms with Gasteiger partial charge in [-0.05, 0) is 18.9 Å². The van der Waals surface area contributed by atoms with Crippen LogP contribution < -0.4 is 5.32 Å². The maximum Gasteiger partial charge on any atom is 0.140 e. The lowest BCUT2D eigenvalue weighted by Gasteiger charge is -2.08. The molecule has 0 bridgehead atoms. The van der Waals surface area contributed by atoms with Crippen molar-refractivity contribution in [3.63, 3.8) is 0 Å². The van der Waals surface area contributed by atoms with Crippen LogP contribution in [0.1, 0.15) is 33.0 Å². The Morgan fingerprint density at radius 3 is 2.94 bits per heavy atom. The Bertz CT molecular complexity index is 298. The average molecular weight is 240 g/mol. The van der Waals surface area contributed by atoms with Gasteiger partial charge in [0.2, 0.25) is 0 Å². The molecule has 0 aliphatic carbocycles. The fraction of sp³-hybridized carbons (Fsp3) is 0.833. The summed E-state index contributed by atoms with van der Waals surface area (Å²) in [4.78, 5) is 4.21. The molecule has 0 fully saturated rings. The highest BCUT2D eigenvalue weighted by molar-refractivity contribution is 4.83. The van der Waals surface area contributed by atoms with Gasteiger partial charge < -0.3 is 10.1 Å². The minimum absolute atomic E-state index is 0.700. The summed E-state index contributed by atoms with van der Waals surface area (Å²) in [5.41, 5.74) is 0. The number of nitrogens with one attached hydrogen (secondary N) is 1. The van der Waals surface area contributed by atoms with Gasteiger partial charge in [-0.2, -0.15) is 5.10 Å². The summed E-state index contributed by atoms with van der Waals surface area (Å²) in [5, 5.41) is 7.43. The van der Waals surface area contributed by atoms with E-state index >= 15 is 0 Å². The lowest BCUT2D eigenvalue weighted by atomic mass is 10.1. The molecule has 17 heavy (non-hydrogen) atoms. The van der Waals surface area contributed by atoms with Gasteiger partial charge in [-0.1, -0.05) is 20.8 Å². The van der Waals surface area contributed by atoms with E-state index in [1.807, 2.05) is 4.68 Å². The van der Waals surface area contributed by atoms with E-state index in [0.29, 0.717) is 12.5 Å². The molecule has 5 nitrogen and oxygen atoms in total. The quantitative estimate of drug-likeness (QED) is 0.664. The van der Waals surface area contributed by atoms with Gasteiger partial charge in [0.05, 0.1) is 19.7 Å². The lowest BCUT2D eigenvalue weighted by Crippen LogP contribution is -2.18. The van der Waals surface area contributed by atoms with Crippen molar-refractivity contribution in [2.75, 3.05) is 19.8 Å². The molecule has 1 aromatic heterocycles. The fourth-order valence-electron chi connectivity index (χ4n) is 1.42. The summed E-state index contributed by atoms with van der Waals surface area (Å²) in [7, 11) is 0. The molecular weight excluding hydrogens is 216 g/mol. The monoisotopic (exact) mass is 240 g/mol. The highest BCUT2D eigenvalue weighted by atomic mass is 16.5. The van der Waals surface area contributed by atoms with Crippen LogP contribution in [0.25, 0.3) is 0 Å². The molecule has 0 amide bonds. The molecule has 0 saturated heterocycles. The van der Waals surface area contributed by atoms with Crippen LogP contribution in [0.3, 0.4) is 0 Å². The van der Waals surface area contributed by atoms with Crippen LogP contribution in [-0.2, 0) is 17.8 Å². The normalized spacial score (nSPS) is 11.3. The highest BCUT2D eigenvalue weighted by Crippen LogP contribution is 1.99. The van der Waals surface area contributed by atoms with Crippen LogP contribution in [0.5, 0.6) is 0 Å². The van der Waals surface area contributed by atoms with Crippen molar-refractivity contribution in [3.05, 3.63) is 12.2 Å². The number of ether oxygens (including phenoxy) is 1. The molecule has 5 heteroatoms. The maximum atomic E-state index is 5.57. The molecule has 98 valence electrons. The number of hydrogen-bond acceptors (Lipinski definition) is 4. The molecule has 1 aromatic rings. The first kappa shape index (κ1) is 14.1. The van der Waals surface area contributed by atoms with Crippen molar-refractivity contribution in [3.8, 4) is 0 Å². The van der Waals surface area contributed by atoms with E-state index in [9.17, 15) is 0 Å². The first-order valence-corrected chi connectivity index (χ1v) is 6.39. The van der Waals surface area contributed by atoms with Gasteiger partial charge in [-0.15, -0.1) is 0 Å². The highest BCUT2D eigenvalue weighted by Gasteiger charge is 2.03. The van der Waals surface area contributed by atoms with Crippen LogP contribution in [0.15, 0.2) is 6.33 Å². The Kier molecular flexibility index (Phi) is 6.81. The third kappa shape index (κ3) is 5.79. The third-order valence-corrected chi connectivity index (χ3v) is 2.52. The minimum atomic E-state index is 0.700. The second-order valence-corrected chi connectivity index (χ2v) is 4.47. The zero-order valence-electron chi connectivity index (χ0n) is 11.1. The van der Waals surface area contributed by atoms with Gasteiger partial charge in [-0.3, -0.25) is 0 Å². The van der Waals surface area contributed by atoms with E-state index in [0.717, 1.165) is 38.5 Å². The molecule has 0 unspecified atom stereocenters. The molecule has 1 heterocycles. The Morgan fingerprint density at radius 2 is 2.24 bits per heavy atom. The van der Waals surface area contributed by atoms with E-state index in [2.05, 4.69) is 36.2 Å². The first-order valence-electron chi connectivity index (χ1n) is 6.39. The van der Waals surface area contributed by atoms with Gasteiger partial charge in [-0.25, -0.2) is 9.67 Å². The second-order valence-electron chi connectivity index (χ2n) is 4.47. The standard InChI is InChI=1S/C12H24N4O/c1-4-13-9-12-14-10-15-16(12)6-8-17-7-5-11(2)3/h10-11,13H,4-9H2,1-3H3. The largest absolute Gasteiger partial charge is 0.380 e. The van der Waals surface area contributed by atoms with Crippen molar-refractivity contribution in [2.45, 2.75) is 40.3 Å². The van der Waals surface area contributed by atoms with E-state index in [4.69, 9.17) is 4.74 Å². The summed E-state index contributed by atoms with van der Waals surface area (Å²) < 4.78 is 7.47. The van der Waals surface area contributed by atoms with Crippen molar-refractivity contribution in [1.29, 1.82) is 0 Å². The van der Waals surface area contributed by atoms with Crippen molar-refractivity contribution in [2.24, 2.45) is 5.92 Å². The van der Waals surface area contributed by atoms with Gasteiger partial charge in [0.25, 0.3) is 0 Å². The van der Waals surface area contributed by atoms with Gasteiger partial charge in [0.15, 0.2) is 0 Å². The minimum Gasteiger partial charge on any atom is -0.380 e. The van der Waals surface area contributed by atoms with Gasteiger partial charge >= 0.3 is 0 Å². The predicted octanol–water partition coefficient (Wildman–Crippen LogP) is 1.45.